The highest BCUT2D eigenvalue weighted by molar-refractivity contribution is 7.47. The summed E-state index contributed by atoms with van der Waals surface area (Å²) in [5, 5.41) is 0. The first-order valence-corrected chi connectivity index (χ1v) is 24.9. The van der Waals surface area contributed by atoms with E-state index in [0.717, 1.165) is 57.8 Å². The van der Waals surface area contributed by atoms with Gasteiger partial charge in [0.05, 0.1) is 34.0 Å². The molecule has 0 fully saturated rings. The van der Waals surface area contributed by atoms with Crippen molar-refractivity contribution in [3.05, 3.63) is 48.8 Å². The van der Waals surface area contributed by atoms with Crippen LogP contribution in [0.4, 0.5) is 0 Å². The number of carbonyl (C=O) groups is 1. The molecule has 0 aliphatic heterocycles. The lowest BCUT2D eigenvalue weighted by Crippen LogP contribution is -2.37. The molecule has 0 aliphatic rings. The van der Waals surface area contributed by atoms with Crippen LogP contribution in [0.15, 0.2) is 48.8 Å². The first-order valence-electron chi connectivity index (χ1n) is 23.4. The molecule has 334 valence electrons. The zero-order valence-corrected chi connectivity index (χ0v) is 38.7. The Balaban J connectivity index is 4.29. The summed E-state index contributed by atoms with van der Waals surface area (Å²) in [6, 6.07) is 0. The molecule has 8 nitrogen and oxygen atoms in total. The minimum atomic E-state index is -4.30. The van der Waals surface area contributed by atoms with E-state index in [1.165, 1.54) is 122 Å². The molecule has 0 spiro atoms. The molecule has 0 aromatic rings. The van der Waals surface area contributed by atoms with Crippen molar-refractivity contribution in [1.82, 2.24) is 0 Å². The molecule has 0 radical (unpaired) electrons. The molecule has 0 heterocycles. The average molecular weight is 825 g/mol. The number of likely N-dealkylation sites (N-methyl/N-ethyl adjacent to an activating group) is 1. The van der Waals surface area contributed by atoms with Gasteiger partial charge in [0.1, 0.15) is 19.8 Å². The van der Waals surface area contributed by atoms with Gasteiger partial charge >= 0.3 is 13.8 Å². The van der Waals surface area contributed by atoms with Gasteiger partial charge in [0, 0.05) is 6.42 Å². The van der Waals surface area contributed by atoms with Crippen molar-refractivity contribution in [2.75, 3.05) is 47.5 Å². The molecule has 0 amide bonds. The second kappa shape index (κ2) is 41.1. The first-order chi connectivity index (χ1) is 27.6. The molecule has 0 bridgehead atoms. The molecule has 0 rings (SSSR count). The van der Waals surface area contributed by atoms with Crippen molar-refractivity contribution in [2.24, 2.45) is 0 Å². The third-order valence-corrected chi connectivity index (χ3v) is 10.9. The number of hydrogen-bond donors (Lipinski definition) is 1. The van der Waals surface area contributed by atoms with Crippen LogP contribution in [0.25, 0.3) is 0 Å². The van der Waals surface area contributed by atoms with Gasteiger partial charge in [-0.3, -0.25) is 13.8 Å². The number of phosphoric ester groups is 1. The van der Waals surface area contributed by atoms with Crippen molar-refractivity contribution in [3.8, 4) is 0 Å². The number of carbonyl (C=O) groups excluding carboxylic acids is 1. The van der Waals surface area contributed by atoms with Gasteiger partial charge in [-0.25, -0.2) is 4.57 Å². The number of quaternary nitrogens is 1. The van der Waals surface area contributed by atoms with Crippen LogP contribution in [-0.2, 0) is 27.9 Å². The normalized spacial score (nSPS) is 14.1. The highest BCUT2D eigenvalue weighted by atomic mass is 31.2. The predicted molar refractivity (Wildman–Crippen MR) is 242 cm³/mol. The number of hydrogen-bond acceptors (Lipinski definition) is 6. The van der Waals surface area contributed by atoms with Crippen LogP contribution < -0.4 is 0 Å². The van der Waals surface area contributed by atoms with Crippen LogP contribution >= 0.6 is 7.82 Å². The van der Waals surface area contributed by atoms with E-state index in [9.17, 15) is 14.3 Å². The lowest BCUT2D eigenvalue weighted by molar-refractivity contribution is -0.870. The molecular formula is C48H91NO7P+. The Hall–Kier alpha value is -1.70. The fourth-order valence-corrected chi connectivity index (χ4v) is 7.03. The van der Waals surface area contributed by atoms with E-state index in [1.54, 1.807) is 6.26 Å². The van der Waals surface area contributed by atoms with Gasteiger partial charge in [-0.15, -0.1) is 0 Å². The lowest BCUT2D eigenvalue weighted by Gasteiger charge is -2.24. The van der Waals surface area contributed by atoms with E-state index in [4.69, 9.17) is 18.5 Å². The smallest absolute Gasteiger partial charge is 0.472 e. The van der Waals surface area contributed by atoms with Crippen molar-refractivity contribution < 1.29 is 37.3 Å². The minimum absolute atomic E-state index is 0.0390. The summed E-state index contributed by atoms with van der Waals surface area (Å²) in [7, 11) is 1.62. The standard InChI is InChI=1S/C48H90NO7P/c1-6-8-10-12-14-16-18-20-22-24-26-28-30-32-34-36-38-40-43-53-45-47(46-55-57(51,52)54-44-42-49(3,4)5)56-48(50)41-39-37-35-33-31-29-27-25-23-21-19-17-15-13-11-9-7-2/h15,17,21,23,27,29,40,43,47H,6-14,16,18-20,22,24-26,28,30-39,41-42,44-46H2,1-5H3/p+1/b17-15-,23-21-,29-27-,43-40-/t47-/m1/s1. The molecule has 2 atom stereocenters. The zero-order chi connectivity index (χ0) is 42.0. The maximum Gasteiger partial charge on any atom is 0.472 e. The van der Waals surface area contributed by atoms with E-state index in [2.05, 4.69) is 50.3 Å². The quantitative estimate of drug-likeness (QED) is 0.0163. The topological polar surface area (TPSA) is 91.3 Å². The van der Waals surface area contributed by atoms with Gasteiger partial charge in [0.2, 0.25) is 0 Å². The number of phosphoric acid groups is 1. The third-order valence-electron chi connectivity index (χ3n) is 9.96. The van der Waals surface area contributed by atoms with Crippen LogP contribution in [0.1, 0.15) is 200 Å². The summed E-state index contributed by atoms with van der Waals surface area (Å²) in [4.78, 5) is 22.9. The Morgan fingerprint density at radius 1 is 0.561 bits per heavy atom. The minimum Gasteiger partial charge on any atom is -0.498 e. The first kappa shape index (κ1) is 55.3. The molecule has 0 aromatic heterocycles. The average Bonchev–Trinajstić information content (AvgIpc) is 3.16. The maximum atomic E-state index is 12.7. The molecule has 0 aromatic carbocycles. The Morgan fingerprint density at radius 3 is 1.49 bits per heavy atom. The van der Waals surface area contributed by atoms with Crippen molar-refractivity contribution in [3.63, 3.8) is 0 Å². The zero-order valence-electron chi connectivity index (χ0n) is 37.8. The Labute approximate surface area is 352 Å². The highest BCUT2D eigenvalue weighted by Gasteiger charge is 2.26. The van der Waals surface area contributed by atoms with Crippen LogP contribution in [0.3, 0.4) is 0 Å². The Morgan fingerprint density at radius 2 is 0.982 bits per heavy atom. The summed E-state index contributed by atoms with van der Waals surface area (Å²) in [6.45, 7) is 4.89. The van der Waals surface area contributed by atoms with E-state index in [0.29, 0.717) is 11.0 Å². The second-order valence-electron chi connectivity index (χ2n) is 16.9. The monoisotopic (exact) mass is 825 g/mol. The largest absolute Gasteiger partial charge is 0.498 e. The molecule has 0 aliphatic carbocycles. The molecular weight excluding hydrogens is 734 g/mol. The van der Waals surface area contributed by atoms with Gasteiger partial charge in [-0.1, -0.05) is 172 Å². The van der Waals surface area contributed by atoms with E-state index < -0.39 is 13.9 Å². The van der Waals surface area contributed by atoms with E-state index in [1.807, 2.05) is 27.2 Å². The summed E-state index contributed by atoms with van der Waals surface area (Å²) in [5.41, 5.74) is 0. The van der Waals surface area contributed by atoms with Crippen molar-refractivity contribution in [2.45, 2.75) is 206 Å². The van der Waals surface area contributed by atoms with Crippen LogP contribution in [0.2, 0.25) is 0 Å². The number of ether oxygens (including phenoxy) is 2. The van der Waals surface area contributed by atoms with Crippen LogP contribution in [-0.4, -0.2) is 69.0 Å². The Bertz CT molecular complexity index is 1050. The number of esters is 1. The van der Waals surface area contributed by atoms with Crippen molar-refractivity contribution >= 4 is 13.8 Å². The number of nitrogens with zero attached hydrogens (tertiary/aromatic N) is 1. The second-order valence-corrected chi connectivity index (χ2v) is 18.3. The molecule has 1 unspecified atom stereocenters. The van der Waals surface area contributed by atoms with E-state index >= 15 is 0 Å². The van der Waals surface area contributed by atoms with Crippen LogP contribution in [0, 0.1) is 0 Å². The van der Waals surface area contributed by atoms with E-state index in [-0.39, 0.29) is 32.2 Å². The van der Waals surface area contributed by atoms with Gasteiger partial charge in [-0.05, 0) is 63.9 Å². The molecule has 57 heavy (non-hydrogen) atoms. The maximum absolute atomic E-state index is 12.7. The van der Waals surface area contributed by atoms with Gasteiger partial charge in [-0.2, -0.15) is 0 Å². The summed E-state index contributed by atoms with van der Waals surface area (Å²) < 4.78 is 34.8. The van der Waals surface area contributed by atoms with Crippen LogP contribution in [0.5, 0.6) is 0 Å². The summed E-state index contributed by atoms with van der Waals surface area (Å²) in [5.74, 6) is -0.356. The predicted octanol–water partition coefficient (Wildman–Crippen LogP) is 14.3. The highest BCUT2D eigenvalue weighted by Crippen LogP contribution is 2.43. The van der Waals surface area contributed by atoms with Gasteiger partial charge in [0.25, 0.3) is 0 Å². The molecule has 0 saturated carbocycles. The number of unbranched alkanes of at least 4 members (excludes halogenated alkanes) is 23. The molecule has 9 heteroatoms. The number of allylic oxidation sites excluding steroid dienone is 7. The van der Waals surface area contributed by atoms with Gasteiger partial charge < -0.3 is 18.9 Å². The fourth-order valence-electron chi connectivity index (χ4n) is 6.29. The summed E-state index contributed by atoms with van der Waals surface area (Å²) in [6.07, 6.45) is 51.0. The molecule has 0 saturated heterocycles. The van der Waals surface area contributed by atoms with Crippen molar-refractivity contribution in [1.29, 1.82) is 0 Å². The fraction of sp³-hybridized carbons (Fsp3) is 0.812. The molecule has 1 N–H and O–H groups in total. The van der Waals surface area contributed by atoms with Gasteiger partial charge in [0.15, 0.2) is 6.10 Å². The third kappa shape index (κ3) is 45.2. The summed E-state index contributed by atoms with van der Waals surface area (Å²) >= 11 is 0. The Kier molecular flexibility index (Phi) is 39.8. The SMILES string of the molecule is CCCCC/C=C\C/C=C\C/C=C\CCCCCCC(=O)O[C@H](CO/C=C\CCCCCCCCCCCCCCCCCC)COP(=O)(O)OCC[N+](C)(C)C. The lowest BCUT2D eigenvalue weighted by atomic mass is 10.0. The number of rotatable bonds is 43.